The van der Waals surface area contributed by atoms with Gasteiger partial charge in [-0.05, 0) is 22.0 Å². The number of fused-ring (bicyclic) bond motifs is 3. The summed E-state index contributed by atoms with van der Waals surface area (Å²) in [6, 6.07) is 8.05. The molecule has 3 aromatic rings. The number of nitrogens with one attached hydrogen (secondary N) is 1. The van der Waals surface area contributed by atoms with E-state index < -0.39 is 0 Å². The second-order valence-corrected chi connectivity index (χ2v) is 4.53. The monoisotopic (exact) mass is 280 g/mol. The van der Waals surface area contributed by atoms with E-state index in [2.05, 4.69) is 25.9 Å². The largest absolute Gasteiger partial charge is 0.353 e. The average molecular weight is 282 g/mol. The van der Waals surface area contributed by atoms with Gasteiger partial charge in [0.05, 0.1) is 9.99 Å². The number of halogens is 2. The molecule has 0 aliphatic rings. The minimum absolute atomic E-state index is 0.533. The Labute approximate surface area is 99.4 Å². The van der Waals surface area contributed by atoms with Crippen LogP contribution in [0, 0.1) is 0 Å². The van der Waals surface area contributed by atoms with Crippen LogP contribution in [0.3, 0.4) is 0 Å². The van der Waals surface area contributed by atoms with Gasteiger partial charge in [-0.15, -0.1) is 0 Å². The molecule has 0 fully saturated rings. The quantitative estimate of drug-likeness (QED) is 0.617. The lowest BCUT2D eigenvalue weighted by Crippen LogP contribution is -1.77. The van der Waals surface area contributed by atoms with E-state index in [1.165, 1.54) is 0 Å². The van der Waals surface area contributed by atoms with Gasteiger partial charge in [-0.2, -0.15) is 0 Å². The first-order valence-corrected chi connectivity index (χ1v) is 5.65. The predicted octanol–water partition coefficient (Wildman–Crippen LogP) is 4.13. The van der Waals surface area contributed by atoms with Crippen molar-refractivity contribution in [2.45, 2.75) is 0 Å². The molecule has 0 aliphatic carbocycles. The highest BCUT2D eigenvalue weighted by molar-refractivity contribution is 9.10. The van der Waals surface area contributed by atoms with Gasteiger partial charge in [0.1, 0.15) is 5.15 Å². The Balaban J connectivity index is 2.66. The minimum Gasteiger partial charge on any atom is -0.353 e. The van der Waals surface area contributed by atoms with Gasteiger partial charge < -0.3 is 4.98 Å². The number of hydrogen-bond acceptors (Lipinski definition) is 1. The fourth-order valence-corrected chi connectivity index (χ4v) is 2.42. The lowest BCUT2D eigenvalue weighted by molar-refractivity contribution is 1.34. The number of benzene rings is 1. The Kier molecular flexibility index (Phi) is 1.97. The summed E-state index contributed by atoms with van der Waals surface area (Å²) in [7, 11) is 0. The van der Waals surface area contributed by atoms with Gasteiger partial charge >= 0.3 is 0 Å². The normalized spacial score (nSPS) is 11.3. The number of H-pyrrole nitrogens is 1. The topological polar surface area (TPSA) is 28.7 Å². The summed E-state index contributed by atoms with van der Waals surface area (Å²) in [4.78, 5) is 7.44. The summed E-state index contributed by atoms with van der Waals surface area (Å²) in [6.07, 6.45) is 1.71. The second kappa shape index (κ2) is 3.22. The van der Waals surface area contributed by atoms with Crippen molar-refractivity contribution in [3.63, 3.8) is 0 Å². The van der Waals surface area contributed by atoms with Gasteiger partial charge in [-0.25, -0.2) is 4.98 Å². The second-order valence-electron chi connectivity index (χ2n) is 3.32. The number of para-hydroxylation sites is 1. The van der Waals surface area contributed by atoms with E-state index in [-0.39, 0.29) is 0 Å². The van der Waals surface area contributed by atoms with Gasteiger partial charge in [-0.3, -0.25) is 0 Å². The molecule has 3 rings (SSSR count). The lowest BCUT2D eigenvalue weighted by atomic mass is 10.2. The maximum atomic E-state index is 6.10. The van der Waals surface area contributed by atoms with Crippen molar-refractivity contribution < 1.29 is 0 Å². The molecular formula is C11H6BrClN2. The van der Waals surface area contributed by atoms with E-state index in [4.69, 9.17) is 11.6 Å². The number of aromatic nitrogens is 2. The molecule has 0 aliphatic heterocycles. The SMILES string of the molecule is Clc1ncc(Br)c2[nH]c3ccccc3c12. The highest BCUT2D eigenvalue weighted by Crippen LogP contribution is 2.33. The van der Waals surface area contributed by atoms with Gasteiger partial charge in [0.15, 0.2) is 0 Å². The van der Waals surface area contributed by atoms with Gasteiger partial charge in [0.25, 0.3) is 0 Å². The molecule has 4 heteroatoms. The molecule has 0 spiro atoms. The van der Waals surface area contributed by atoms with Crippen LogP contribution in [0.15, 0.2) is 34.9 Å². The van der Waals surface area contributed by atoms with Crippen molar-refractivity contribution in [3.8, 4) is 0 Å². The van der Waals surface area contributed by atoms with Crippen LogP contribution in [0.2, 0.25) is 5.15 Å². The smallest absolute Gasteiger partial charge is 0.139 e. The summed E-state index contributed by atoms with van der Waals surface area (Å²) >= 11 is 9.55. The van der Waals surface area contributed by atoms with E-state index in [0.29, 0.717) is 5.15 Å². The fourth-order valence-electron chi connectivity index (χ4n) is 1.78. The van der Waals surface area contributed by atoms with Crippen molar-refractivity contribution in [2.24, 2.45) is 0 Å². The number of rotatable bonds is 0. The Hall–Kier alpha value is -1.06. The van der Waals surface area contributed by atoms with Crippen molar-refractivity contribution >= 4 is 49.3 Å². The predicted molar refractivity (Wildman–Crippen MR) is 66.3 cm³/mol. The summed E-state index contributed by atoms with van der Waals surface area (Å²) in [6.45, 7) is 0. The Morgan fingerprint density at radius 1 is 1.27 bits per heavy atom. The molecule has 1 aromatic carbocycles. The lowest BCUT2D eigenvalue weighted by Gasteiger charge is -1.95. The van der Waals surface area contributed by atoms with E-state index in [0.717, 1.165) is 26.3 Å². The average Bonchev–Trinajstić information content (AvgIpc) is 2.64. The molecule has 0 unspecified atom stereocenters. The molecule has 0 radical (unpaired) electrons. The molecule has 0 amide bonds. The first kappa shape index (κ1) is 9.19. The van der Waals surface area contributed by atoms with Gasteiger partial charge in [-0.1, -0.05) is 29.8 Å². The molecule has 0 saturated carbocycles. The molecule has 74 valence electrons. The molecule has 15 heavy (non-hydrogen) atoms. The van der Waals surface area contributed by atoms with Crippen LogP contribution in [0.1, 0.15) is 0 Å². The van der Waals surface area contributed by atoms with Gasteiger partial charge in [0.2, 0.25) is 0 Å². The third-order valence-corrected chi connectivity index (χ3v) is 3.33. The molecule has 2 aromatic heterocycles. The van der Waals surface area contributed by atoms with Crippen LogP contribution in [0.25, 0.3) is 21.8 Å². The molecule has 0 atom stereocenters. The zero-order valence-electron chi connectivity index (χ0n) is 7.59. The van der Waals surface area contributed by atoms with Crippen molar-refractivity contribution in [2.75, 3.05) is 0 Å². The summed E-state index contributed by atoms with van der Waals surface area (Å²) in [5, 5.41) is 2.61. The highest BCUT2D eigenvalue weighted by Gasteiger charge is 2.10. The van der Waals surface area contributed by atoms with Crippen molar-refractivity contribution in [3.05, 3.63) is 40.1 Å². The molecule has 0 bridgehead atoms. The first-order chi connectivity index (χ1) is 7.27. The van der Waals surface area contributed by atoms with Crippen LogP contribution < -0.4 is 0 Å². The van der Waals surface area contributed by atoms with Crippen LogP contribution in [0.4, 0.5) is 0 Å². The first-order valence-electron chi connectivity index (χ1n) is 4.48. The maximum Gasteiger partial charge on any atom is 0.139 e. The van der Waals surface area contributed by atoms with E-state index in [1.54, 1.807) is 6.20 Å². The summed E-state index contributed by atoms with van der Waals surface area (Å²) in [5.41, 5.74) is 2.07. The standard InChI is InChI=1S/C11H6BrClN2/c12-7-5-14-11(13)9-6-3-1-2-4-8(6)15-10(7)9/h1-5,15H. The summed E-state index contributed by atoms with van der Waals surface area (Å²) < 4.78 is 0.929. The Morgan fingerprint density at radius 2 is 2.07 bits per heavy atom. The van der Waals surface area contributed by atoms with E-state index in [1.807, 2.05) is 24.3 Å². The van der Waals surface area contributed by atoms with Crippen LogP contribution in [-0.2, 0) is 0 Å². The van der Waals surface area contributed by atoms with E-state index >= 15 is 0 Å². The molecule has 2 nitrogen and oxygen atoms in total. The van der Waals surface area contributed by atoms with Crippen molar-refractivity contribution in [1.29, 1.82) is 0 Å². The molecular weight excluding hydrogens is 275 g/mol. The molecule has 2 heterocycles. The fraction of sp³-hybridized carbons (Fsp3) is 0. The maximum absolute atomic E-state index is 6.10. The molecule has 0 saturated heterocycles. The minimum atomic E-state index is 0.533. The van der Waals surface area contributed by atoms with Crippen LogP contribution in [0.5, 0.6) is 0 Å². The number of pyridine rings is 1. The Morgan fingerprint density at radius 3 is 2.93 bits per heavy atom. The number of aromatic amines is 1. The molecule has 1 N–H and O–H groups in total. The number of nitrogens with zero attached hydrogens (tertiary/aromatic N) is 1. The summed E-state index contributed by atoms with van der Waals surface area (Å²) in [5.74, 6) is 0. The van der Waals surface area contributed by atoms with Crippen LogP contribution >= 0.6 is 27.5 Å². The van der Waals surface area contributed by atoms with Crippen LogP contribution in [-0.4, -0.2) is 9.97 Å². The van der Waals surface area contributed by atoms with Gasteiger partial charge in [0, 0.05) is 22.5 Å². The third-order valence-electron chi connectivity index (χ3n) is 2.44. The third kappa shape index (κ3) is 1.27. The Bertz CT molecular complexity index is 660. The zero-order chi connectivity index (χ0) is 10.4. The highest BCUT2D eigenvalue weighted by atomic mass is 79.9. The number of hydrogen-bond donors (Lipinski definition) is 1. The zero-order valence-corrected chi connectivity index (χ0v) is 9.93. The van der Waals surface area contributed by atoms with E-state index in [9.17, 15) is 0 Å². The van der Waals surface area contributed by atoms with Crippen molar-refractivity contribution in [1.82, 2.24) is 9.97 Å².